The number of benzene rings is 1. The fourth-order valence-corrected chi connectivity index (χ4v) is 3.42. The molecule has 3 rings (SSSR count). The number of nitrogens with one attached hydrogen (secondary N) is 2. The molecule has 1 aliphatic rings. The highest BCUT2D eigenvalue weighted by atomic mass is 35.5. The third-order valence-corrected chi connectivity index (χ3v) is 5.22. The van der Waals surface area contributed by atoms with E-state index in [0.29, 0.717) is 5.02 Å². The molecule has 0 radical (unpaired) electrons. The van der Waals surface area contributed by atoms with Crippen LogP contribution in [0.3, 0.4) is 0 Å². The van der Waals surface area contributed by atoms with Crippen molar-refractivity contribution < 1.29 is 4.79 Å². The van der Waals surface area contributed by atoms with Crippen molar-refractivity contribution in [2.75, 3.05) is 13.1 Å². The third kappa shape index (κ3) is 4.04. The molecule has 1 aliphatic heterocycles. The third-order valence-electron chi connectivity index (χ3n) is 3.81. The highest BCUT2D eigenvalue weighted by Crippen LogP contribution is 2.31. The van der Waals surface area contributed by atoms with Gasteiger partial charge in [-0.15, -0.1) is 23.7 Å². The number of nitrogens with zero attached hydrogens (tertiary/aromatic N) is 1. The van der Waals surface area contributed by atoms with Gasteiger partial charge in [0.05, 0.1) is 17.7 Å². The zero-order chi connectivity index (χ0) is 15.7. The van der Waals surface area contributed by atoms with E-state index in [0.717, 1.165) is 34.2 Å². The summed E-state index contributed by atoms with van der Waals surface area (Å²) < 4.78 is 0. The molecule has 1 aromatic heterocycles. The van der Waals surface area contributed by atoms with Crippen molar-refractivity contribution in [1.29, 1.82) is 0 Å². The fraction of sp³-hybridized carbons (Fsp3) is 0.375. The van der Waals surface area contributed by atoms with Gasteiger partial charge < -0.3 is 10.6 Å². The predicted octanol–water partition coefficient (Wildman–Crippen LogP) is 3.59. The Hall–Kier alpha value is -1.14. The summed E-state index contributed by atoms with van der Waals surface area (Å²) in [5, 5.41) is 7.80. The van der Waals surface area contributed by atoms with Crippen molar-refractivity contribution in [1.82, 2.24) is 15.6 Å². The molecule has 1 fully saturated rings. The Morgan fingerprint density at radius 2 is 2.04 bits per heavy atom. The first-order valence-electron chi connectivity index (χ1n) is 7.29. The number of aromatic nitrogens is 1. The first-order valence-corrected chi connectivity index (χ1v) is 8.48. The lowest BCUT2D eigenvalue weighted by Crippen LogP contribution is -2.51. The SMILES string of the molecule is Cc1sc(C(C)NC(=O)C2CNC2)nc1-c1ccc(Cl)cc1.Cl. The molecule has 0 aliphatic carbocycles. The average molecular weight is 372 g/mol. The first kappa shape index (κ1) is 18.2. The molecule has 2 aromatic rings. The molecule has 124 valence electrons. The topological polar surface area (TPSA) is 54.0 Å². The lowest BCUT2D eigenvalue weighted by atomic mass is 10.0. The largest absolute Gasteiger partial charge is 0.347 e. The Balaban J connectivity index is 0.00000192. The first-order chi connectivity index (χ1) is 10.5. The van der Waals surface area contributed by atoms with Gasteiger partial charge in [0.1, 0.15) is 5.01 Å². The van der Waals surface area contributed by atoms with Crippen LogP contribution in [0.2, 0.25) is 5.02 Å². The Bertz CT molecular complexity index is 683. The van der Waals surface area contributed by atoms with Crippen LogP contribution >= 0.6 is 35.3 Å². The van der Waals surface area contributed by atoms with Gasteiger partial charge in [-0.1, -0.05) is 23.7 Å². The number of carbonyl (C=O) groups excluding carboxylic acids is 1. The van der Waals surface area contributed by atoms with Crippen LogP contribution in [0, 0.1) is 12.8 Å². The molecule has 0 bridgehead atoms. The van der Waals surface area contributed by atoms with Crippen LogP contribution < -0.4 is 10.6 Å². The van der Waals surface area contributed by atoms with Gasteiger partial charge in [-0.05, 0) is 26.0 Å². The van der Waals surface area contributed by atoms with Crippen molar-refractivity contribution in [3.63, 3.8) is 0 Å². The molecule has 0 spiro atoms. The summed E-state index contributed by atoms with van der Waals surface area (Å²) >= 11 is 7.56. The van der Waals surface area contributed by atoms with E-state index in [4.69, 9.17) is 16.6 Å². The number of amides is 1. The highest BCUT2D eigenvalue weighted by molar-refractivity contribution is 7.12. The fourth-order valence-electron chi connectivity index (χ4n) is 2.34. The average Bonchev–Trinajstić information content (AvgIpc) is 2.80. The van der Waals surface area contributed by atoms with E-state index >= 15 is 0 Å². The second kappa shape index (κ2) is 7.62. The second-order valence-electron chi connectivity index (χ2n) is 5.55. The number of hydrogen-bond donors (Lipinski definition) is 2. The van der Waals surface area contributed by atoms with Crippen molar-refractivity contribution in [3.8, 4) is 11.3 Å². The van der Waals surface area contributed by atoms with Crippen LogP contribution in [0.1, 0.15) is 22.9 Å². The molecular formula is C16H19Cl2N3OS. The van der Waals surface area contributed by atoms with Crippen LogP contribution in [0.25, 0.3) is 11.3 Å². The van der Waals surface area contributed by atoms with E-state index in [1.54, 1.807) is 11.3 Å². The maximum atomic E-state index is 12.0. The van der Waals surface area contributed by atoms with Crippen LogP contribution in [0.4, 0.5) is 0 Å². The molecule has 1 atom stereocenters. The molecule has 1 aromatic carbocycles. The number of thiazole rings is 1. The van der Waals surface area contributed by atoms with E-state index in [1.165, 1.54) is 0 Å². The minimum absolute atomic E-state index is 0. The minimum Gasteiger partial charge on any atom is -0.347 e. The number of halogens is 2. The monoisotopic (exact) mass is 371 g/mol. The standard InChI is InChI=1S/C16H18ClN3OS.ClH/c1-9(19-15(21)12-7-18-8-12)16-20-14(10(2)22-16)11-3-5-13(17)6-4-11;/h3-6,9,12,18H,7-8H2,1-2H3,(H,19,21);1H. The van der Waals surface area contributed by atoms with Crippen molar-refractivity contribution >= 4 is 41.3 Å². The summed E-state index contributed by atoms with van der Waals surface area (Å²) in [6.45, 7) is 5.57. The van der Waals surface area contributed by atoms with E-state index < -0.39 is 0 Å². The minimum atomic E-state index is -0.0714. The molecule has 1 saturated heterocycles. The molecule has 2 heterocycles. The van der Waals surface area contributed by atoms with Gasteiger partial charge in [0.25, 0.3) is 0 Å². The Morgan fingerprint density at radius 3 is 2.61 bits per heavy atom. The highest BCUT2D eigenvalue weighted by Gasteiger charge is 2.26. The van der Waals surface area contributed by atoms with Crippen LogP contribution in [0.5, 0.6) is 0 Å². The molecule has 2 N–H and O–H groups in total. The lowest BCUT2D eigenvalue weighted by molar-refractivity contribution is -0.127. The maximum absolute atomic E-state index is 12.0. The summed E-state index contributed by atoms with van der Waals surface area (Å²) in [6.07, 6.45) is 0. The lowest BCUT2D eigenvalue weighted by Gasteiger charge is -2.27. The van der Waals surface area contributed by atoms with Gasteiger partial charge in [-0.25, -0.2) is 4.98 Å². The van der Waals surface area contributed by atoms with Gasteiger partial charge in [0.15, 0.2) is 0 Å². The molecule has 1 unspecified atom stereocenters. The van der Waals surface area contributed by atoms with Crippen molar-refractivity contribution in [2.24, 2.45) is 5.92 Å². The summed E-state index contributed by atoms with van der Waals surface area (Å²) in [6, 6.07) is 7.60. The molecule has 1 amide bonds. The van der Waals surface area contributed by atoms with E-state index in [2.05, 4.69) is 17.6 Å². The quantitative estimate of drug-likeness (QED) is 0.863. The smallest absolute Gasteiger partial charge is 0.226 e. The van der Waals surface area contributed by atoms with Gasteiger partial charge in [-0.3, -0.25) is 4.79 Å². The van der Waals surface area contributed by atoms with Gasteiger partial charge >= 0.3 is 0 Å². The Kier molecular flexibility index (Phi) is 6.03. The molecular weight excluding hydrogens is 353 g/mol. The van der Waals surface area contributed by atoms with Crippen molar-refractivity contribution in [2.45, 2.75) is 19.9 Å². The Morgan fingerprint density at radius 1 is 1.39 bits per heavy atom. The summed E-state index contributed by atoms with van der Waals surface area (Å²) in [5.74, 6) is 0.200. The number of carbonyl (C=O) groups is 1. The van der Waals surface area contributed by atoms with Crippen LogP contribution in [-0.2, 0) is 4.79 Å². The van der Waals surface area contributed by atoms with Crippen LogP contribution in [-0.4, -0.2) is 24.0 Å². The zero-order valence-corrected chi connectivity index (χ0v) is 15.3. The van der Waals surface area contributed by atoms with E-state index in [1.807, 2.05) is 31.2 Å². The van der Waals surface area contributed by atoms with E-state index in [9.17, 15) is 4.79 Å². The number of aryl methyl sites for hydroxylation is 1. The number of rotatable bonds is 4. The van der Waals surface area contributed by atoms with Crippen LogP contribution in [0.15, 0.2) is 24.3 Å². The molecule has 7 heteroatoms. The second-order valence-corrected chi connectivity index (χ2v) is 7.22. The summed E-state index contributed by atoms with van der Waals surface area (Å²) in [5.41, 5.74) is 2.01. The van der Waals surface area contributed by atoms with Crippen molar-refractivity contribution in [3.05, 3.63) is 39.2 Å². The maximum Gasteiger partial charge on any atom is 0.226 e. The molecule has 4 nitrogen and oxygen atoms in total. The summed E-state index contributed by atoms with van der Waals surface area (Å²) in [7, 11) is 0. The number of hydrogen-bond acceptors (Lipinski definition) is 4. The van der Waals surface area contributed by atoms with Gasteiger partial charge in [-0.2, -0.15) is 0 Å². The van der Waals surface area contributed by atoms with Gasteiger partial charge in [0.2, 0.25) is 5.91 Å². The predicted molar refractivity (Wildman–Crippen MR) is 97.5 cm³/mol. The normalized spacial score (nSPS) is 15.4. The van der Waals surface area contributed by atoms with E-state index in [-0.39, 0.29) is 30.3 Å². The summed E-state index contributed by atoms with van der Waals surface area (Å²) in [4.78, 5) is 17.9. The zero-order valence-electron chi connectivity index (χ0n) is 12.9. The Labute approximate surface area is 151 Å². The van der Waals surface area contributed by atoms with Gasteiger partial charge in [0, 0.05) is 28.6 Å². The molecule has 23 heavy (non-hydrogen) atoms. The molecule has 0 saturated carbocycles.